The lowest BCUT2D eigenvalue weighted by Crippen LogP contribution is -2.19. The molecule has 1 aromatic carbocycles. The molecule has 6 nitrogen and oxygen atoms in total. The number of nitrogens with zero attached hydrogens (tertiary/aromatic N) is 5. The highest BCUT2D eigenvalue weighted by molar-refractivity contribution is 5.56. The summed E-state index contributed by atoms with van der Waals surface area (Å²) in [6.45, 7) is 0. The molecule has 4 rings (SSSR count). The number of rotatable bonds is 3. The van der Waals surface area contributed by atoms with Gasteiger partial charge in [-0.2, -0.15) is 13.2 Å². The molecule has 0 unspecified atom stereocenters. The van der Waals surface area contributed by atoms with Gasteiger partial charge in [0, 0.05) is 25.9 Å². The van der Waals surface area contributed by atoms with Crippen molar-refractivity contribution in [2.75, 3.05) is 0 Å². The van der Waals surface area contributed by atoms with E-state index >= 15 is 0 Å². The van der Waals surface area contributed by atoms with Crippen molar-refractivity contribution in [1.29, 1.82) is 0 Å². The second kappa shape index (κ2) is 6.11. The van der Waals surface area contributed by atoms with Crippen LogP contribution in [-0.4, -0.2) is 23.7 Å². The third-order valence-electron chi connectivity index (χ3n) is 4.36. The van der Waals surface area contributed by atoms with Gasteiger partial charge in [0.1, 0.15) is 12.2 Å². The summed E-state index contributed by atoms with van der Waals surface area (Å²) in [4.78, 5) is 12.6. The lowest BCUT2D eigenvalue weighted by molar-refractivity contribution is -0.136. The van der Waals surface area contributed by atoms with Crippen molar-refractivity contribution >= 4 is 5.52 Å². The fourth-order valence-electron chi connectivity index (χ4n) is 3.00. The minimum Gasteiger partial charge on any atom is -0.320 e. The summed E-state index contributed by atoms with van der Waals surface area (Å²) in [6, 6.07) is 9.22. The van der Waals surface area contributed by atoms with Crippen LogP contribution in [0.2, 0.25) is 0 Å². The highest BCUT2D eigenvalue weighted by Gasteiger charge is 2.33. The molecule has 0 aliphatic carbocycles. The smallest absolute Gasteiger partial charge is 0.320 e. The van der Waals surface area contributed by atoms with Gasteiger partial charge in [0.05, 0.1) is 16.8 Å². The van der Waals surface area contributed by atoms with E-state index in [0.29, 0.717) is 12.1 Å². The van der Waals surface area contributed by atoms with Crippen molar-refractivity contribution in [2.24, 2.45) is 7.05 Å². The summed E-state index contributed by atoms with van der Waals surface area (Å²) in [6.07, 6.45) is 0.0702. The van der Waals surface area contributed by atoms with Gasteiger partial charge in [-0.15, -0.1) is 10.2 Å². The maximum Gasteiger partial charge on any atom is 0.418 e. The van der Waals surface area contributed by atoms with Crippen LogP contribution in [0.1, 0.15) is 17.0 Å². The number of hydrogen-bond acceptors (Lipinski definition) is 3. The van der Waals surface area contributed by atoms with Crippen molar-refractivity contribution in [3.05, 3.63) is 82.6 Å². The molecule has 0 aliphatic heterocycles. The van der Waals surface area contributed by atoms with Crippen molar-refractivity contribution < 1.29 is 13.2 Å². The van der Waals surface area contributed by atoms with Crippen LogP contribution < -0.4 is 5.69 Å². The number of pyridine rings is 1. The quantitative estimate of drug-likeness (QED) is 0.555. The summed E-state index contributed by atoms with van der Waals surface area (Å²) in [5.74, 6) is 0.737. The normalized spacial score (nSPS) is 12.0. The number of alkyl halides is 3. The minimum absolute atomic E-state index is 0.186. The lowest BCUT2D eigenvalue weighted by atomic mass is 10.1. The molecule has 0 N–H and O–H groups in total. The van der Waals surface area contributed by atoms with Gasteiger partial charge < -0.3 is 4.57 Å². The van der Waals surface area contributed by atoms with Crippen LogP contribution in [0.4, 0.5) is 13.2 Å². The molecule has 0 amide bonds. The number of hydrogen-bond donors (Lipinski definition) is 0. The van der Waals surface area contributed by atoms with Crippen LogP contribution in [0.15, 0.2) is 59.9 Å². The second-order valence-corrected chi connectivity index (χ2v) is 6.16. The fourth-order valence-corrected chi connectivity index (χ4v) is 3.00. The van der Waals surface area contributed by atoms with Gasteiger partial charge >= 0.3 is 11.9 Å². The zero-order valence-electron chi connectivity index (χ0n) is 14.2. The molecule has 0 spiro atoms. The minimum atomic E-state index is -4.54. The van der Waals surface area contributed by atoms with Crippen LogP contribution in [0.3, 0.4) is 0 Å². The van der Waals surface area contributed by atoms with Gasteiger partial charge in [-0.25, -0.2) is 4.79 Å². The number of fused-ring (bicyclic) bond motifs is 1. The van der Waals surface area contributed by atoms with Crippen LogP contribution in [0.25, 0.3) is 11.2 Å². The first-order valence-electron chi connectivity index (χ1n) is 8.07. The summed E-state index contributed by atoms with van der Waals surface area (Å²) >= 11 is 0. The molecule has 4 aromatic rings. The average Bonchev–Trinajstić information content (AvgIpc) is 3.18. The van der Waals surface area contributed by atoms with Gasteiger partial charge in [-0.05, 0) is 29.8 Å². The van der Waals surface area contributed by atoms with E-state index in [2.05, 4.69) is 10.2 Å². The van der Waals surface area contributed by atoms with Crippen molar-refractivity contribution in [2.45, 2.75) is 12.6 Å². The predicted molar refractivity (Wildman–Crippen MR) is 91.8 cm³/mol. The van der Waals surface area contributed by atoms with E-state index in [-0.39, 0.29) is 5.52 Å². The molecule has 0 aliphatic rings. The third kappa shape index (κ3) is 3.01. The average molecular weight is 373 g/mol. The Bertz CT molecular complexity index is 1190. The van der Waals surface area contributed by atoms with Gasteiger partial charge in [-0.3, -0.25) is 8.97 Å². The molecule has 0 saturated heterocycles. The Kier molecular flexibility index (Phi) is 3.87. The first kappa shape index (κ1) is 17.1. The van der Waals surface area contributed by atoms with Crippen LogP contribution >= 0.6 is 0 Å². The van der Waals surface area contributed by atoms with Crippen LogP contribution in [-0.2, 0) is 19.6 Å². The van der Waals surface area contributed by atoms with Crippen molar-refractivity contribution in [3.63, 3.8) is 0 Å². The van der Waals surface area contributed by atoms with Gasteiger partial charge in [0.15, 0.2) is 0 Å². The highest BCUT2D eigenvalue weighted by atomic mass is 19.4. The Morgan fingerprint density at radius 1 is 1.15 bits per heavy atom. The molecule has 0 fully saturated rings. The molecule has 0 radical (unpaired) electrons. The number of halogens is 3. The molecule has 27 heavy (non-hydrogen) atoms. The maximum atomic E-state index is 13.2. The largest absolute Gasteiger partial charge is 0.418 e. The standard InChI is InChI=1S/C18H14F3N5O/c1-24-11-22-23-16(24)9-12-4-2-5-13(8-12)26-10-15-14(18(19,20)21)6-3-7-25(15)17(26)27/h2-8,10-11H,9H2,1H3. The molecule has 3 heterocycles. The van der Waals surface area contributed by atoms with Gasteiger partial charge in [0.25, 0.3) is 0 Å². The number of aryl methyl sites for hydroxylation is 1. The van der Waals surface area contributed by atoms with Crippen molar-refractivity contribution in [1.82, 2.24) is 23.7 Å². The number of benzene rings is 1. The Balaban J connectivity index is 1.81. The topological polar surface area (TPSA) is 57.1 Å². The van der Waals surface area contributed by atoms with Crippen LogP contribution in [0.5, 0.6) is 0 Å². The predicted octanol–water partition coefficient (Wildman–Crippen LogP) is 2.83. The molecule has 0 bridgehead atoms. The molecule has 0 atom stereocenters. The molecule has 3 aromatic heterocycles. The maximum absolute atomic E-state index is 13.2. The Morgan fingerprint density at radius 2 is 1.96 bits per heavy atom. The van der Waals surface area contributed by atoms with E-state index in [9.17, 15) is 18.0 Å². The fraction of sp³-hybridized carbons (Fsp3) is 0.167. The lowest BCUT2D eigenvalue weighted by Gasteiger charge is -2.07. The van der Waals surface area contributed by atoms with E-state index in [0.717, 1.165) is 21.9 Å². The van der Waals surface area contributed by atoms with E-state index in [1.54, 1.807) is 29.1 Å². The molecule has 0 saturated carbocycles. The molecule has 138 valence electrons. The molecule has 9 heteroatoms. The van der Waals surface area contributed by atoms with E-state index in [1.807, 2.05) is 13.1 Å². The summed E-state index contributed by atoms with van der Waals surface area (Å²) in [5, 5.41) is 7.84. The zero-order valence-corrected chi connectivity index (χ0v) is 14.2. The van der Waals surface area contributed by atoms with Crippen LogP contribution in [0, 0.1) is 0 Å². The number of aromatic nitrogens is 5. The highest BCUT2D eigenvalue weighted by Crippen LogP contribution is 2.32. The first-order valence-corrected chi connectivity index (χ1v) is 8.07. The van der Waals surface area contributed by atoms with E-state index < -0.39 is 17.4 Å². The van der Waals surface area contributed by atoms with E-state index in [4.69, 9.17) is 0 Å². The summed E-state index contributed by atoms with van der Waals surface area (Å²) < 4.78 is 43.7. The Morgan fingerprint density at radius 3 is 2.67 bits per heavy atom. The zero-order chi connectivity index (χ0) is 19.2. The van der Waals surface area contributed by atoms with E-state index in [1.165, 1.54) is 23.0 Å². The molecular weight excluding hydrogens is 359 g/mol. The SMILES string of the molecule is Cn1cnnc1Cc1cccc(-n2cc3c(C(F)(F)F)cccn3c2=O)c1. The second-order valence-electron chi connectivity index (χ2n) is 6.16. The Hall–Kier alpha value is -3.36. The Labute approximate surface area is 151 Å². The summed E-state index contributed by atoms with van der Waals surface area (Å²) in [7, 11) is 1.82. The van der Waals surface area contributed by atoms with Gasteiger partial charge in [-0.1, -0.05) is 12.1 Å². The summed E-state index contributed by atoms with van der Waals surface area (Å²) in [5.41, 5.74) is -0.255. The third-order valence-corrected chi connectivity index (χ3v) is 4.36. The molecular formula is C18H14F3N5O. The van der Waals surface area contributed by atoms with Crippen molar-refractivity contribution in [3.8, 4) is 5.69 Å². The van der Waals surface area contributed by atoms with Gasteiger partial charge in [0.2, 0.25) is 0 Å². The first-order chi connectivity index (χ1) is 12.8. The monoisotopic (exact) mass is 373 g/mol. The number of imidazole rings is 1.